The second-order valence-corrected chi connectivity index (χ2v) is 3.87. The lowest BCUT2D eigenvalue weighted by molar-refractivity contribution is 0.867. The minimum atomic E-state index is 0.513. The molecule has 0 radical (unpaired) electrons. The summed E-state index contributed by atoms with van der Waals surface area (Å²) in [7, 11) is 0. The molecule has 88 valence electrons. The van der Waals surface area contributed by atoms with Gasteiger partial charge in [0.2, 0.25) is 5.96 Å². The zero-order valence-electron chi connectivity index (χ0n) is 10.1. The van der Waals surface area contributed by atoms with Gasteiger partial charge in [-0.15, -0.1) is 0 Å². The molecule has 0 aliphatic rings. The van der Waals surface area contributed by atoms with Crippen LogP contribution in [0.3, 0.4) is 0 Å². The molecule has 0 unspecified atom stereocenters. The van der Waals surface area contributed by atoms with Crippen LogP contribution in [0.25, 0.3) is 0 Å². The maximum atomic E-state index is 5.36. The molecule has 0 heterocycles. The van der Waals surface area contributed by atoms with Gasteiger partial charge in [-0.25, -0.2) is 5.84 Å². The van der Waals surface area contributed by atoms with Crippen molar-refractivity contribution in [2.75, 3.05) is 11.9 Å². The van der Waals surface area contributed by atoms with Gasteiger partial charge in [-0.3, -0.25) is 10.4 Å². The minimum Gasteiger partial charge on any atom is -0.325 e. The van der Waals surface area contributed by atoms with Crippen LogP contribution in [0.15, 0.2) is 29.3 Å². The number of nitrogens with two attached hydrogens (primary N) is 1. The van der Waals surface area contributed by atoms with Crippen molar-refractivity contribution >= 4 is 11.6 Å². The Morgan fingerprint density at radius 2 is 2.19 bits per heavy atom. The number of benzene rings is 1. The fourth-order valence-electron chi connectivity index (χ4n) is 1.39. The van der Waals surface area contributed by atoms with Crippen molar-refractivity contribution in [2.24, 2.45) is 10.8 Å². The smallest absolute Gasteiger partial charge is 0.210 e. The molecule has 0 aliphatic heterocycles. The maximum absolute atomic E-state index is 5.36. The van der Waals surface area contributed by atoms with E-state index in [9.17, 15) is 0 Å². The van der Waals surface area contributed by atoms with E-state index in [-0.39, 0.29) is 0 Å². The zero-order valence-corrected chi connectivity index (χ0v) is 10.1. The van der Waals surface area contributed by atoms with Crippen molar-refractivity contribution in [1.29, 1.82) is 0 Å². The maximum Gasteiger partial charge on any atom is 0.210 e. The molecule has 0 fully saturated rings. The summed E-state index contributed by atoms with van der Waals surface area (Å²) in [5, 5.41) is 3.14. The Morgan fingerprint density at radius 1 is 1.44 bits per heavy atom. The Kier molecular flexibility index (Phi) is 4.79. The summed E-state index contributed by atoms with van der Waals surface area (Å²) in [5.74, 6) is 6.46. The van der Waals surface area contributed by atoms with Crippen LogP contribution in [-0.4, -0.2) is 12.5 Å². The van der Waals surface area contributed by atoms with Gasteiger partial charge in [-0.2, -0.15) is 0 Å². The number of guanidine groups is 1. The van der Waals surface area contributed by atoms with Gasteiger partial charge in [-0.1, -0.05) is 26.0 Å². The van der Waals surface area contributed by atoms with E-state index >= 15 is 0 Å². The molecule has 4 heteroatoms. The Hall–Kier alpha value is -1.55. The number of hydrogen-bond acceptors (Lipinski definition) is 2. The summed E-state index contributed by atoms with van der Waals surface area (Å²) < 4.78 is 0. The molecular formula is C12H20N4. The van der Waals surface area contributed by atoms with Crippen molar-refractivity contribution in [3.8, 4) is 0 Å². The third-order valence-corrected chi connectivity index (χ3v) is 2.27. The van der Waals surface area contributed by atoms with Crippen LogP contribution in [-0.2, 0) is 0 Å². The summed E-state index contributed by atoms with van der Waals surface area (Å²) in [4.78, 5) is 4.18. The van der Waals surface area contributed by atoms with E-state index in [1.807, 2.05) is 19.1 Å². The summed E-state index contributed by atoms with van der Waals surface area (Å²) in [6, 6.07) is 8.24. The van der Waals surface area contributed by atoms with Crippen molar-refractivity contribution in [2.45, 2.75) is 26.7 Å². The minimum absolute atomic E-state index is 0.513. The zero-order chi connectivity index (χ0) is 12.0. The van der Waals surface area contributed by atoms with E-state index in [0.717, 1.165) is 5.69 Å². The van der Waals surface area contributed by atoms with Crippen LogP contribution in [0.2, 0.25) is 0 Å². The van der Waals surface area contributed by atoms with E-state index in [1.54, 1.807) is 0 Å². The molecule has 1 aromatic carbocycles. The molecule has 0 bridgehead atoms. The molecule has 0 saturated heterocycles. The van der Waals surface area contributed by atoms with E-state index < -0.39 is 0 Å². The molecule has 0 atom stereocenters. The van der Waals surface area contributed by atoms with Crippen LogP contribution in [0, 0.1) is 0 Å². The SMILES string of the molecule is CCN=C(NN)Nc1cccc(C(C)C)c1. The third-order valence-electron chi connectivity index (χ3n) is 2.27. The average Bonchev–Trinajstić information content (AvgIpc) is 2.29. The summed E-state index contributed by atoms with van der Waals surface area (Å²) in [6.07, 6.45) is 0. The summed E-state index contributed by atoms with van der Waals surface area (Å²) in [6.45, 7) is 6.99. The highest BCUT2D eigenvalue weighted by molar-refractivity contribution is 5.93. The number of hydrogen-bond donors (Lipinski definition) is 3. The number of anilines is 1. The van der Waals surface area contributed by atoms with Gasteiger partial charge in [0.25, 0.3) is 0 Å². The molecule has 0 saturated carbocycles. The first-order valence-corrected chi connectivity index (χ1v) is 5.55. The second-order valence-electron chi connectivity index (χ2n) is 3.87. The Bertz CT molecular complexity index is 358. The van der Waals surface area contributed by atoms with Crippen molar-refractivity contribution in [3.05, 3.63) is 29.8 Å². The molecule has 4 nitrogen and oxygen atoms in total. The fourth-order valence-corrected chi connectivity index (χ4v) is 1.39. The van der Waals surface area contributed by atoms with Crippen LogP contribution in [0.5, 0.6) is 0 Å². The lowest BCUT2D eigenvalue weighted by Crippen LogP contribution is -2.36. The van der Waals surface area contributed by atoms with E-state index in [4.69, 9.17) is 5.84 Å². The lowest BCUT2D eigenvalue weighted by atomic mass is 10.0. The molecular weight excluding hydrogens is 200 g/mol. The van der Waals surface area contributed by atoms with Gasteiger partial charge in [0.15, 0.2) is 0 Å². The van der Waals surface area contributed by atoms with Crippen LogP contribution < -0.4 is 16.6 Å². The highest BCUT2D eigenvalue weighted by atomic mass is 15.3. The highest BCUT2D eigenvalue weighted by Crippen LogP contribution is 2.18. The monoisotopic (exact) mass is 220 g/mol. The third kappa shape index (κ3) is 3.55. The quantitative estimate of drug-likeness (QED) is 0.316. The molecule has 1 rings (SSSR count). The average molecular weight is 220 g/mol. The number of nitrogens with zero attached hydrogens (tertiary/aromatic N) is 1. The fraction of sp³-hybridized carbons (Fsp3) is 0.417. The molecule has 1 aromatic rings. The van der Waals surface area contributed by atoms with E-state index in [1.165, 1.54) is 5.56 Å². The van der Waals surface area contributed by atoms with Gasteiger partial charge in [-0.05, 0) is 30.5 Å². The normalized spacial score (nSPS) is 11.7. The number of aliphatic imine (C=N–C) groups is 1. The Balaban J connectivity index is 2.80. The lowest BCUT2D eigenvalue weighted by Gasteiger charge is -2.11. The number of rotatable bonds is 3. The molecule has 0 spiro atoms. The van der Waals surface area contributed by atoms with Gasteiger partial charge in [0.1, 0.15) is 0 Å². The Morgan fingerprint density at radius 3 is 2.75 bits per heavy atom. The largest absolute Gasteiger partial charge is 0.325 e. The van der Waals surface area contributed by atoms with Crippen molar-refractivity contribution in [1.82, 2.24) is 5.43 Å². The van der Waals surface area contributed by atoms with Crippen molar-refractivity contribution < 1.29 is 0 Å². The standard InChI is InChI=1S/C12H20N4/c1-4-14-12(16-13)15-11-7-5-6-10(8-11)9(2)3/h5-9H,4,13H2,1-3H3,(H2,14,15,16). The van der Waals surface area contributed by atoms with Crippen LogP contribution >= 0.6 is 0 Å². The van der Waals surface area contributed by atoms with Gasteiger partial charge in [0, 0.05) is 12.2 Å². The first-order chi connectivity index (χ1) is 7.67. The first kappa shape index (κ1) is 12.5. The topological polar surface area (TPSA) is 62.4 Å². The molecule has 0 amide bonds. The van der Waals surface area contributed by atoms with Crippen molar-refractivity contribution in [3.63, 3.8) is 0 Å². The first-order valence-electron chi connectivity index (χ1n) is 5.55. The van der Waals surface area contributed by atoms with E-state index in [0.29, 0.717) is 18.4 Å². The number of hydrazine groups is 1. The number of nitrogens with one attached hydrogen (secondary N) is 2. The van der Waals surface area contributed by atoms with Gasteiger partial charge in [0.05, 0.1) is 0 Å². The predicted octanol–water partition coefficient (Wildman–Crippen LogP) is 2.06. The Labute approximate surface area is 96.9 Å². The van der Waals surface area contributed by atoms with Gasteiger partial charge < -0.3 is 5.32 Å². The predicted molar refractivity (Wildman–Crippen MR) is 69.5 cm³/mol. The molecule has 0 aromatic heterocycles. The molecule has 0 aliphatic carbocycles. The summed E-state index contributed by atoms with van der Waals surface area (Å²) >= 11 is 0. The van der Waals surface area contributed by atoms with Crippen LogP contribution in [0.1, 0.15) is 32.3 Å². The molecule has 4 N–H and O–H groups in total. The highest BCUT2D eigenvalue weighted by Gasteiger charge is 2.01. The van der Waals surface area contributed by atoms with E-state index in [2.05, 4.69) is 41.7 Å². The van der Waals surface area contributed by atoms with Gasteiger partial charge >= 0.3 is 0 Å². The van der Waals surface area contributed by atoms with Crippen LogP contribution in [0.4, 0.5) is 5.69 Å². The summed E-state index contributed by atoms with van der Waals surface area (Å²) in [5.41, 5.74) is 4.83. The second kappa shape index (κ2) is 6.12. The molecule has 16 heavy (non-hydrogen) atoms.